The zero-order valence-electron chi connectivity index (χ0n) is 17.7. The first kappa shape index (κ1) is 22.2. The maximum Gasteiger partial charge on any atom is 0.407 e. The van der Waals surface area contributed by atoms with Crippen LogP contribution in [0.1, 0.15) is 46.1 Å². The van der Waals surface area contributed by atoms with E-state index in [1.807, 2.05) is 58.0 Å². The summed E-state index contributed by atoms with van der Waals surface area (Å²) in [6.07, 6.45) is 7.74. The highest BCUT2D eigenvalue weighted by Crippen LogP contribution is 2.30. The maximum atomic E-state index is 12.0. The molecule has 1 aromatic carbocycles. The molecular weight excluding hydrogens is 354 g/mol. The Kier molecular flexibility index (Phi) is 7.84. The van der Waals surface area contributed by atoms with Crippen LogP contribution in [-0.2, 0) is 20.6 Å². The molecule has 2 atom stereocenters. The van der Waals surface area contributed by atoms with E-state index in [0.29, 0.717) is 19.4 Å². The second-order valence-electron chi connectivity index (χ2n) is 8.21. The number of benzene rings is 1. The molecule has 0 aliphatic heterocycles. The van der Waals surface area contributed by atoms with Gasteiger partial charge in [0.25, 0.3) is 0 Å². The van der Waals surface area contributed by atoms with E-state index in [9.17, 15) is 4.79 Å². The number of methoxy groups -OCH3 is 1. The van der Waals surface area contributed by atoms with Gasteiger partial charge in [-0.3, -0.25) is 0 Å². The normalized spacial score (nSPS) is 20.4. The predicted octanol–water partition coefficient (Wildman–Crippen LogP) is 4.78. The summed E-state index contributed by atoms with van der Waals surface area (Å²) in [6.45, 7) is 8.09. The lowest BCUT2D eigenvalue weighted by Crippen LogP contribution is -2.39. The van der Waals surface area contributed by atoms with Crippen molar-refractivity contribution in [2.45, 2.75) is 64.4 Å². The minimum absolute atomic E-state index is 0.0496. The summed E-state index contributed by atoms with van der Waals surface area (Å²) >= 11 is 0. The van der Waals surface area contributed by atoms with Crippen molar-refractivity contribution in [1.29, 1.82) is 0 Å². The van der Waals surface area contributed by atoms with Crippen molar-refractivity contribution < 1.29 is 19.0 Å². The molecule has 0 saturated carbocycles. The SMILES string of the molecule is COC1(OCCc2ccccc2)C=CC=C(CC(C)NC(=O)OC(C)(C)C)C1. The number of ether oxygens (including phenoxy) is 3. The summed E-state index contributed by atoms with van der Waals surface area (Å²) in [5, 5.41) is 2.89. The van der Waals surface area contributed by atoms with Gasteiger partial charge in [0.05, 0.1) is 6.61 Å². The van der Waals surface area contributed by atoms with Crippen molar-refractivity contribution in [3.05, 3.63) is 59.7 Å². The van der Waals surface area contributed by atoms with Gasteiger partial charge in [0.2, 0.25) is 0 Å². The van der Waals surface area contributed by atoms with Crippen LogP contribution >= 0.6 is 0 Å². The predicted molar refractivity (Wildman–Crippen MR) is 111 cm³/mol. The van der Waals surface area contributed by atoms with Crippen LogP contribution in [-0.4, -0.2) is 37.2 Å². The minimum atomic E-state index is -0.759. The van der Waals surface area contributed by atoms with Gasteiger partial charge >= 0.3 is 6.09 Å². The maximum absolute atomic E-state index is 12.0. The molecule has 2 rings (SSSR count). The molecular formula is C23H33NO4. The van der Waals surface area contributed by atoms with E-state index in [4.69, 9.17) is 14.2 Å². The second kappa shape index (κ2) is 9.89. The molecule has 5 heteroatoms. The molecule has 28 heavy (non-hydrogen) atoms. The number of hydrogen-bond donors (Lipinski definition) is 1. The van der Waals surface area contributed by atoms with E-state index in [1.165, 1.54) is 5.56 Å². The van der Waals surface area contributed by atoms with Crippen LogP contribution in [0, 0.1) is 0 Å². The molecule has 0 heterocycles. The Hall–Kier alpha value is -2.11. The standard InChI is InChI=1S/C23H33NO4/c1-18(24-21(25)28-22(2,3)4)16-20-12-9-14-23(17-20,26-5)27-15-13-19-10-7-6-8-11-19/h6-12,14,18H,13,15-17H2,1-5H3,(H,24,25). The van der Waals surface area contributed by atoms with Gasteiger partial charge in [-0.05, 0) is 52.2 Å². The highest BCUT2D eigenvalue weighted by molar-refractivity contribution is 5.68. The molecule has 1 aromatic rings. The highest BCUT2D eigenvalue weighted by Gasteiger charge is 2.31. The lowest BCUT2D eigenvalue weighted by Gasteiger charge is -2.33. The lowest BCUT2D eigenvalue weighted by atomic mass is 9.94. The molecule has 1 amide bonds. The number of hydrogen-bond acceptors (Lipinski definition) is 4. The van der Waals surface area contributed by atoms with Crippen molar-refractivity contribution >= 4 is 6.09 Å². The van der Waals surface area contributed by atoms with Crippen molar-refractivity contribution in [1.82, 2.24) is 5.32 Å². The summed E-state index contributed by atoms with van der Waals surface area (Å²) in [4.78, 5) is 12.0. The first-order valence-electron chi connectivity index (χ1n) is 9.81. The smallest absolute Gasteiger partial charge is 0.407 e. The Morgan fingerprint density at radius 3 is 2.61 bits per heavy atom. The van der Waals surface area contributed by atoms with Crippen molar-refractivity contribution in [2.24, 2.45) is 0 Å². The van der Waals surface area contributed by atoms with E-state index in [1.54, 1.807) is 7.11 Å². The fourth-order valence-corrected chi connectivity index (χ4v) is 3.14. The summed E-state index contributed by atoms with van der Waals surface area (Å²) in [5.41, 5.74) is 1.89. The monoisotopic (exact) mass is 387 g/mol. The number of alkyl carbamates (subject to hydrolysis) is 1. The van der Waals surface area contributed by atoms with Crippen LogP contribution in [0.25, 0.3) is 0 Å². The van der Waals surface area contributed by atoms with Gasteiger partial charge in [-0.1, -0.05) is 48.1 Å². The van der Waals surface area contributed by atoms with Gasteiger partial charge in [-0.25, -0.2) is 4.79 Å². The Morgan fingerprint density at radius 1 is 1.25 bits per heavy atom. The third kappa shape index (κ3) is 7.49. The fraction of sp³-hybridized carbons (Fsp3) is 0.522. The lowest BCUT2D eigenvalue weighted by molar-refractivity contribution is -0.187. The first-order chi connectivity index (χ1) is 13.2. The van der Waals surface area contributed by atoms with Crippen LogP contribution in [0.2, 0.25) is 0 Å². The summed E-state index contributed by atoms with van der Waals surface area (Å²) in [7, 11) is 1.66. The van der Waals surface area contributed by atoms with Crippen LogP contribution in [0.4, 0.5) is 4.79 Å². The fourth-order valence-electron chi connectivity index (χ4n) is 3.14. The highest BCUT2D eigenvalue weighted by atomic mass is 16.7. The number of allylic oxidation sites excluding steroid dienone is 2. The largest absolute Gasteiger partial charge is 0.444 e. The molecule has 154 valence electrons. The van der Waals surface area contributed by atoms with Gasteiger partial charge < -0.3 is 19.5 Å². The molecule has 0 bridgehead atoms. The van der Waals surface area contributed by atoms with Gasteiger partial charge in [-0.15, -0.1) is 0 Å². The third-order valence-corrected chi connectivity index (χ3v) is 4.41. The van der Waals surface area contributed by atoms with E-state index in [2.05, 4.69) is 23.5 Å². The minimum Gasteiger partial charge on any atom is -0.444 e. The quantitative estimate of drug-likeness (QED) is 0.652. The Bertz CT molecular complexity index is 690. The molecule has 2 unspecified atom stereocenters. The molecule has 0 spiro atoms. The van der Waals surface area contributed by atoms with Crippen molar-refractivity contribution in [3.8, 4) is 0 Å². The Balaban J connectivity index is 1.85. The average molecular weight is 388 g/mol. The Labute approximate surface area is 168 Å². The molecule has 1 N–H and O–H groups in total. The number of amides is 1. The Morgan fingerprint density at radius 2 is 1.96 bits per heavy atom. The zero-order chi connectivity index (χ0) is 20.6. The van der Waals surface area contributed by atoms with E-state index < -0.39 is 17.5 Å². The van der Waals surface area contributed by atoms with E-state index in [0.717, 1.165) is 12.0 Å². The number of carbonyl (C=O) groups is 1. The average Bonchev–Trinajstić information content (AvgIpc) is 2.61. The first-order valence-corrected chi connectivity index (χ1v) is 9.81. The molecule has 0 aromatic heterocycles. The molecule has 0 fully saturated rings. The van der Waals surface area contributed by atoms with E-state index >= 15 is 0 Å². The van der Waals surface area contributed by atoms with Gasteiger partial charge in [0, 0.05) is 19.6 Å². The van der Waals surface area contributed by atoms with Crippen LogP contribution < -0.4 is 5.32 Å². The molecule has 5 nitrogen and oxygen atoms in total. The number of carbonyl (C=O) groups excluding carboxylic acids is 1. The summed E-state index contributed by atoms with van der Waals surface area (Å²) in [6, 6.07) is 10.2. The topological polar surface area (TPSA) is 56.8 Å². The van der Waals surface area contributed by atoms with Crippen LogP contribution in [0.15, 0.2) is 54.1 Å². The summed E-state index contributed by atoms with van der Waals surface area (Å²) < 4.78 is 17.2. The molecule has 1 aliphatic carbocycles. The zero-order valence-corrected chi connectivity index (χ0v) is 17.7. The van der Waals surface area contributed by atoms with Crippen LogP contribution in [0.3, 0.4) is 0 Å². The molecule has 0 saturated heterocycles. The summed E-state index contributed by atoms with van der Waals surface area (Å²) in [5.74, 6) is -0.759. The van der Waals surface area contributed by atoms with Crippen LogP contribution in [0.5, 0.6) is 0 Å². The third-order valence-electron chi connectivity index (χ3n) is 4.41. The van der Waals surface area contributed by atoms with Crippen molar-refractivity contribution in [2.75, 3.05) is 13.7 Å². The number of rotatable bonds is 8. The second-order valence-corrected chi connectivity index (χ2v) is 8.21. The molecule has 1 aliphatic rings. The van der Waals surface area contributed by atoms with Crippen molar-refractivity contribution in [3.63, 3.8) is 0 Å². The van der Waals surface area contributed by atoms with Gasteiger partial charge in [-0.2, -0.15) is 0 Å². The van der Waals surface area contributed by atoms with E-state index in [-0.39, 0.29) is 6.04 Å². The van der Waals surface area contributed by atoms with Gasteiger partial charge in [0.15, 0.2) is 5.79 Å². The molecule has 0 radical (unpaired) electrons. The van der Waals surface area contributed by atoms with Gasteiger partial charge in [0.1, 0.15) is 5.60 Å². The number of nitrogens with one attached hydrogen (secondary N) is 1.